The number of hydrogen-bond donors (Lipinski definition) is 1. The molecular weight excluding hydrogens is 543 g/mol. The predicted octanol–water partition coefficient (Wildman–Crippen LogP) is 4.30. The van der Waals surface area contributed by atoms with Gasteiger partial charge in [0, 0.05) is 33.6 Å². The number of nitrogens with zero attached hydrogens (tertiary/aromatic N) is 3. The number of aryl methyl sites for hydroxylation is 1. The first-order valence-corrected chi connectivity index (χ1v) is 15.0. The van der Waals surface area contributed by atoms with Crippen LogP contribution in [-0.2, 0) is 32.8 Å². The summed E-state index contributed by atoms with van der Waals surface area (Å²) in [7, 11) is -1.42. The molecule has 0 aliphatic heterocycles. The van der Waals surface area contributed by atoms with E-state index in [0.29, 0.717) is 6.54 Å². The molecule has 1 unspecified atom stereocenters. The highest BCUT2D eigenvalue weighted by Gasteiger charge is 2.34. The Morgan fingerprint density at radius 3 is 2.20 bits per heavy atom. The highest BCUT2D eigenvalue weighted by Crippen LogP contribution is 2.22. The molecule has 0 aliphatic rings. The van der Waals surface area contributed by atoms with Crippen LogP contribution >= 0.6 is 0 Å². The number of rotatable bonds is 14. The summed E-state index contributed by atoms with van der Waals surface area (Å²) in [5.41, 5.74) is 2.80. The van der Waals surface area contributed by atoms with Crippen molar-refractivity contribution in [2.75, 3.05) is 31.5 Å². The number of unbranched alkanes of at least 4 members (excludes halogenated alkanes) is 1. The van der Waals surface area contributed by atoms with Crippen molar-refractivity contribution in [2.24, 2.45) is 0 Å². The van der Waals surface area contributed by atoms with Crippen LogP contribution in [0.5, 0.6) is 0 Å². The van der Waals surface area contributed by atoms with Gasteiger partial charge in [-0.25, -0.2) is 8.70 Å². The molecule has 0 spiro atoms. The highest BCUT2D eigenvalue weighted by molar-refractivity contribution is 7.90. The van der Waals surface area contributed by atoms with Crippen molar-refractivity contribution in [1.29, 1.82) is 0 Å². The zero-order valence-electron chi connectivity index (χ0n) is 24.1. The van der Waals surface area contributed by atoms with Crippen LogP contribution in [0.4, 0.5) is 10.1 Å². The Labute approximate surface area is 243 Å². The summed E-state index contributed by atoms with van der Waals surface area (Å²) >= 11 is 0. The van der Waals surface area contributed by atoms with Crippen LogP contribution in [-0.4, -0.2) is 62.7 Å². The van der Waals surface area contributed by atoms with Gasteiger partial charge < -0.3 is 10.2 Å². The molecule has 0 aliphatic carbocycles. The summed E-state index contributed by atoms with van der Waals surface area (Å²) in [6.45, 7) is 3.94. The maximum Gasteiger partial charge on any atom is 0.304 e. The number of carbonyl (C=O) groups excluding carboxylic acids is 2. The summed E-state index contributed by atoms with van der Waals surface area (Å²) in [4.78, 5) is 29.3. The molecule has 8 nitrogen and oxygen atoms in total. The van der Waals surface area contributed by atoms with E-state index in [1.165, 1.54) is 31.1 Å². The van der Waals surface area contributed by atoms with Crippen molar-refractivity contribution < 1.29 is 22.4 Å². The second-order valence-electron chi connectivity index (χ2n) is 10.1. The summed E-state index contributed by atoms with van der Waals surface area (Å²) < 4.78 is 42.3. The SMILES string of the molecule is CCCCNC(=O)C(Cc1ccccc1)N(Cc1cccc(C)c1)C(=O)CN(c1ccc(F)cc1)S(=O)(=O)N(C)C. The fraction of sp³-hybridized carbons (Fsp3) is 0.355. The molecule has 1 N–H and O–H groups in total. The van der Waals surface area contributed by atoms with Crippen LogP contribution in [0.2, 0.25) is 0 Å². The lowest BCUT2D eigenvalue weighted by molar-refractivity contribution is -0.140. The molecule has 0 saturated carbocycles. The molecule has 0 saturated heterocycles. The highest BCUT2D eigenvalue weighted by atomic mass is 32.2. The van der Waals surface area contributed by atoms with Crippen LogP contribution < -0.4 is 9.62 Å². The molecule has 220 valence electrons. The van der Waals surface area contributed by atoms with Crippen molar-refractivity contribution in [3.05, 3.63) is 101 Å². The van der Waals surface area contributed by atoms with E-state index in [0.717, 1.165) is 50.3 Å². The Kier molecular flexibility index (Phi) is 11.4. The number of carbonyl (C=O) groups is 2. The van der Waals surface area contributed by atoms with E-state index in [-0.39, 0.29) is 24.6 Å². The van der Waals surface area contributed by atoms with Crippen molar-refractivity contribution in [2.45, 2.75) is 45.7 Å². The molecule has 41 heavy (non-hydrogen) atoms. The number of hydrogen-bond acceptors (Lipinski definition) is 4. The minimum atomic E-state index is -4.14. The molecule has 2 amide bonds. The number of anilines is 1. The molecule has 10 heteroatoms. The van der Waals surface area contributed by atoms with Gasteiger partial charge in [0.2, 0.25) is 11.8 Å². The molecule has 0 heterocycles. The molecule has 0 bridgehead atoms. The lowest BCUT2D eigenvalue weighted by Crippen LogP contribution is -2.54. The summed E-state index contributed by atoms with van der Waals surface area (Å²) in [6.07, 6.45) is 1.92. The Balaban J connectivity index is 2.07. The number of halogens is 1. The number of amides is 2. The number of nitrogens with one attached hydrogen (secondary N) is 1. The van der Waals surface area contributed by atoms with Crippen molar-refractivity contribution in [3.63, 3.8) is 0 Å². The molecule has 0 fully saturated rings. The maximum atomic E-state index is 14.2. The lowest BCUT2D eigenvalue weighted by Gasteiger charge is -2.34. The molecule has 3 aromatic rings. The topological polar surface area (TPSA) is 90.0 Å². The van der Waals surface area contributed by atoms with Gasteiger partial charge in [0.1, 0.15) is 18.4 Å². The van der Waals surface area contributed by atoms with Gasteiger partial charge in [-0.3, -0.25) is 9.59 Å². The normalized spacial score (nSPS) is 12.1. The Bertz CT molecular complexity index is 1400. The minimum absolute atomic E-state index is 0.0957. The minimum Gasteiger partial charge on any atom is -0.354 e. The Morgan fingerprint density at radius 2 is 1.59 bits per heavy atom. The van der Waals surface area contributed by atoms with Crippen LogP contribution in [0.1, 0.15) is 36.5 Å². The monoisotopic (exact) mass is 582 g/mol. The zero-order chi connectivity index (χ0) is 30.0. The zero-order valence-corrected chi connectivity index (χ0v) is 24.9. The third-order valence-electron chi connectivity index (χ3n) is 6.67. The standard InChI is InChI=1S/C31H39FN4O4S/c1-5-6-19-33-31(38)29(21-25-12-8-7-9-13-25)35(22-26-14-10-11-24(2)20-26)30(37)23-36(41(39,40)34(3)4)28-17-15-27(32)16-18-28/h7-18,20,29H,5-6,19,21-23H2,1-4H3,(H,33,38). The van der Waals surface area contributed by atoms with Crippen molar-refractivity contribution >= 4 is 27.7 Å². The summed E-state index contributed by atoms with van der Waals surface area (Å²) in [6, 6.07) is 21.0. The van der Waals surface area contributed by atoms with E-state index in [1.54, 1.807) is 0 Å². The van der Waals surface area contributed by atoms with Gasteiger partial charge in [0.05, 0.1) is 5.69 Å². The summed E-state index contributed by atoms with van der Waals surface area (Å²) in [5, 5.41) is 2.96. The van der Waals surface area contributed by atoms with E-state index in [4.69, 9.17) is 0 Å². The lowest BCUT2D eigenvalue weighted by atomic mass is 10.0. The number of benzene rings is 3. The van der Waals surface area contributed by atoms with Gasteiger partial charge in [-0.1, -0.05) is 73.5 Å². The molecule has 0 radical (unpaired) electrons. The van der Waals surface area contributed by atoms with Crippen LogP contribution in [0.25, 0.3) is 0 Å². The van der Waals surface area contributed by atoms with Gasteiger partial charge in [-0.05, 0) is 48.7 Å². The van der Waals surface area contributed by atoms with Crippen LogP contribution in [0, 0.1) is 12.7 Å². The van der Waals surface area contributed by atoms with E-state index in [2.05, 4.69) is 5.32 Å². The van der Waals surface area contributed by atoms with Crippen LogP contribution in [0.3, 0.4) is 0 Å². The molecular formula is C31H39FN4O4S. The van der Waals surface area contributed by atoms with Crippen molar-refractivity contribution in [3.8, 4) is 0 Å². The first-order chi connectivity index (χ1) is 19.5. The van der Waals surface area contributed by atoms with Gasteiger partial charge in [-0.15, -0.1) is 0 Å². The van der Waals surface area contributed by atoms with Gasteiger partial charge in [-0.2, -0.15) is 12.7 Å². The molecule has 3 rings (SSSR count). The second-order valence-corrected chi connectivity index (χ2v) is 12.2. The maximum absolute atomic E-state index is 14.2. The van der Waals surface area contributed by atoms with Gasteiger partial charge >= 0.3 is 10.2 Å². The van der Waals surface area contributed by atoms with Gasteiger partial charge in [0.25, 0.3) is 0 Å². The Morgan fingerprint density at radius 1 is 0.927 bits per heavy atom. The third kappa shape index (κ3) is 8.86. The average Bonchev–Trinajstić information content (AvgIpc) is 2.94. The van der Waals surface area contributed by atoms with E-state index in [9.17, 15) is 22.4 Å². The largest absolute Gasteiger partial charge is 0.354 e. The third-order valence-corrected chi connectivity index (χ3v) is 8.49. The molecule has 1 atom stereocenters. The van der Waals surface area contributed by atoms with E-state index < -0.39 is 34.5 Å². The van der Waals surface area contributed by atoms with E-state index in [1.807, 2.05) is 68.4 Å². The quantitative estimate of drug-likeness (QED) is 0.287. The fourth-order valence-corrected chi connectivity index (χ4v) is 5.45. The van der Waals surface area contributed by atoms with Crippen molar-refractivity contribution in [1.82, 2.24) is 14.5 Å². The first kappa shape index (κ1) is 31.8. The summed E-state index contributed by atoms with van der Waals surface area (Å²) in [5.74, 6) is -1.41. The Hall–Kier alpha value is -3.76. The average molecular weight is 583 g/mol. The van der Waals surface area contributed by atoms with Gasteiger partial charge in [0.15, 0.2) is 0 Å². The fourth-order valence-electron chi connectivity index (χ4n) is 4.39. The second kappa shape index (κ2) is 14.7. The first-order valence-electron chi connectivity index (χ1n) is 13.6. The predicted molar refractivity (Wildman–Crippen MR) is 160 cm³/mol. The molecule has 3 aromatic carbocycles. The van der Waals surface area contributed by atoms with E-state index >= 15 is 0 Å². The molecule has 0 aromatic heterocycles. The smallest absolute Gasteiger partial charge is 0.304 e. The van der Waals surface area contributed by atoms with Crippen LogP contribution in [0.15, 0.2) is 78.9 Å².